The maximum Gasteiger partial charge on any atom is 0.227 e. The molecule has 1 aliphatic carbocycles. The first-order chi connectivity index (χ1) is 5.04. The van der Waals surface area contributed by atoms with Crippen LogP contribution in [0.5, 0.6) is 0 Å². The molecule has 1 unspecified atom stereocenters. The molecule has 0 aromatic heterocycles. The molecule has 0 saturated heterocycles. The summed E-state index contributed by atoms with van der Waals surface area (Å²) >= 11 is 5.37. The second kappa shape index (κ2) is 2.94. The Morgan fingerprint density at radius 1 is 1.64 bits per heavy atom. The molecule has 0 heterocycles. The third-order valence-corrected chi connectivity index (χ3v) is 2.70. The second-order valence-corrected chi connectivity index (χ2v) is 3.75. The van der Waals surface area contributed by atoms with E-state index in [1.165, 1.54) is 0 Å². The summed E-state index contributed by atoms with van der Waals surface area (Å²) in [6.45, 7) is 1.76. The summed E-state index contributed by atoms with van der Waals surface area (Å²) in [6.07, 6.45) is 2.49. The molecular weight excluding hydrogens is 164 g/mol. The monoisotopic (exact) mass is 174 g/mol. The highest BCUT2D eigenvalue weighted by atomic mass is 35.5. The average molecular weight is 175 g/mol. The van der Waals surface area contributed by atoms with E-state index >= 15 is 0 Å². The molecule has 0 radical (unpaired) electrons. The van der Waals surface area contributed by atoms with Crippen LogP contribution in [0.15, 0.2) is 0 Å². The molecule has 1 fully saturated rings. The standard InChI is InChI=1S/C8H11ClO2/c1-8(7(9)11)4-2-3-6(10)5-8/h2-5H2,1H3. The predicted molar refractivity (Wildman–Crippen MR) is 42.4 cm³/mol. The van der Waals surface area contributed by atoms with Gasteiger partial charge in [-0.15, -0.1) is 0 Å². The third kappa shape index (κ3) is 1.80. The van der Waals surface area contributed by atoms with Gasteiger partial charge in [-0.2, -0.15) is 0 Å². The van der Waals surface area contributed by atoms with Gasteiger partial charge in [0.2, 0.25) is 5.24 Å². The van der Waals surface area contributed by atoms with Crippen LogP contribution in [0, 0.1) is 5.41 Å². The zero-order chi connectivity index (χ0) is 8.48. The fourth-order valence-electron chi connectivity index (χ4n) is 1.46. The number of Topliss-reactive ketones (excluding diaryl/α,β-unsaturated/α-hetero) is 1. The van der Waals surface area contributed by atoms with E-state index in [2.05, 4.69) is 0 Å². The third-order valence-electron chi connectivity index (χ3n) is 2.25. The van der Waals surface area contributed by atoms with E-state index in [1.807, 2.05) is 0 Å². The Kier molecular flexibility index (Phi) is 2.33. The van der Waals surface area contributed by atoms with Gasteiger partial charge in [-0.3, -0.25) is 9.59 Å². The SMILES string of the molecule is CC1(C(=O)Cl)CCCC(=O)C1. The minimum absolute atomic E-state index is 0.160. The fraction of sp³-hybridized carbons (Fsp3) is 0.750. The van der Waals surface area contributed by atoms with Gasteiger partial charge in [0, 0.05) is 18.3 Å². The van der Waals surface area contributed by atoms with Crippen molar-refractivity contribution in [3.05, 3.63) is 0 Å². The number of halogens is 1. The molecule has 2 nitrogen and oxygen atoms in total. The number of hydrogen-bond acceptors (Lipinski definition) is 2. The minimum atomic E-state index is -0.573. The van der Waals surface area contributed by atoms with Gasteiger partial charge in [0.15, 0.2) is 0 Å². The van der Waals surface area contributed by atoms with E-state index in [4.69, 9.17) is 11.6 Å². The van der Waals surface area contributed by atoms with Crippen molar-refractivity contribution in [1.82, 2.24) is 0 Å². The largest absolute Gasteiger partial charge is 0.300 e. The minimum Gasteiger partial charge on any atom is -0.300 e. The highest BCUT2D eigenvalue weighted by Crippen LogP contribution is 2.35. The maximum atomic E-state index is 11.0. The summed E-state index contributed by atoms with van der Waals surface area (Å²) in [5.41, 5.74) is -0.573. The van der Waals surface area contributed by atoms with Gasteiger partial charge >= 0.3 is 0 Å². The lowest BCUT2D eigenvalue weighted by Crippen LogP contribution is -2.30. The van der Waals surface area contributed by atoms with Crippen molar-refractivity contribution in [3.8, 4) is 0 Å². The van der Waals surface area contributed by atoms with Gasteiger partial charge < -0.3 is 0 Å². The molecule has 0 aliphatic heterocycles. The van der Waals surface area contributed by atoms with Gasteiger partial charge in [0.1, 0.15) is 5.78 Å². The molecule has 0 N–H and O–H groups in total. The molecule has 1 saturated carbocycles. The lowest BCUT2D eigenvalue weighted by Gasteiger charge is -2.28. The molecule has 11 heavy (non-hydrogen) atoms. The quantitative estimate of drug-likeness (QED) is 0.569. The molecule has 0 amide bonds. The Bertz CT molecular complexity index is 200. The van der Waals surface area contributed by atoms with Crippen LogP contribution in [0.3, 0.4) is 0 Å². The zero-order valence-electron chi connectivity index (χ0n) is 6.52. The van der Waals surface area contributed by atoms with Crippen molar-refractivity contribution in [2.45, 2.75) is 32.6 Å². The number of rotatable bonds is 1. The molecule has 1 aliphatic rings. The Morgan fingerprint density at radius 3 is 2.64 bits per heavy atom. The molecule has 0 aromatic rings. The summed E-state index contributed by atoms with van der Waals surface area (Å²) < 4.78 is 0. The van der Waals surface area contributed by atoms with Crippen molar-refractivity contribution in [1.29, 1.82) is 0 Å². The van der Waals surface area contributed by atoms with E-state index in [9.17, 15) is 9.59 Å². The lowest BCUT2D eigenvalue weighted by molar-refractivity contribution is -0.131. The molecule has 1 rings (SSSR count). The van der Waals surface area contributed by atoms with Gasteiger partial charge in [0.05, 0.1) is 0 Å². The summed E-state index contributed by atoms with van der Waals surface area (Å²) in [4.78, 5) is 21.9. The van der Waals surface area contributed by atoms with Crippen molar-refractivity contribution < 1.29 is 9.59 Å². The summed E-state index contributed by atoms with van der Waals surface area (Å²) in [6, 6.07) is 0. The summed E-state index contributed by atoms with van der Waals surface area (Å²) in [5.74, 6) is 0.160. The van der Waals surface area contributed by atoms with Crippen LogP contribution in [0.25, 0.3) is 0 Å². The molecule has 3 heteroatoms. The number of carbonyl (C=O) groups excluding carboxylic acids is 2. The Morgan fingerprint density at radius 2 is 2.27 bits per heavy atom. The van der Waals surface area contributed by atoms with Gasteiger partial charge in [-0.1, -0.05) is 6.92 Å². The van der Waals surface area contributed by atoms with Crippen molar-refractivity contribution in [3.63, 3.8) is 0 Å². The van der Waals surface area contributed by atoms with Crippen LogP contribution in [0.1, 0.15) is 32.6 Å². The normalized spacial score (nSPS) is 32.0. The number of ketones is 1. The summed E-state index contributed by atoms with van der Waals surface area (Å²) in [5, 5.41) is -0.370. The van der Waals surface area contributed by atoms with Crippen molar-refractivity contribution in [2.75, 3.05) is 0 Å². The van der Waals surface area contributed by atoms with Crippen LogP contribution in [0.4, 0.5) is 0 Å². The molecule has 0 aromatic carbocycles. The van der Waals surface area contributed by atoms with Crippen LogP contribution >= 0.6 is 11.6 Å². The molecule has 1 atom stereocenters. The van der Waals surface area contributed by atoms with Crippen LogP contribution in [-0.2, 0) is 9.59 Å². The van der Waals surface area contributed by atoms with Crippen LogP contribution in [0.2, 0.25) is 0 Å². The van der Waals surface area contributed by atoms with Crippen molar-refractivity contribution in [2.24, 2.45) is 5.41 Å². The Hall–Kier alpha value is -0.370. The molecule has 0 bridgehead atoms. The Balaban J connectivity index is 2.70. The van der Waals surface area contributed by atoms with Crippen molar-refractivity contribution >= 4 is 22.6 Å². The van der Waals surface area contributed by atoms with E-state index in [0.717, 1.165) is 12.8 Å². The second-order valence-electron chi connectivity index (χ2n) is 3.40. The van der Waals surface area contributed by atoms with E-state index in [1.54, 1.807) is 6.92 Å². The highest BCUT2D eigenvalue weighted by molar-refractivity contribution is 6.64. The molecular formula is C8H11ClO2. The van der Waals surface area contributed by atoms with E-state index in [-0.39, 0.29) is 11.0 Å². The van der Waals surface area contributed by atoms with Gasteiger partial charge in [-0.05, 0) is 24.4 Å². The molecule has 0 spiro atoms. The first-order valence-corrected chi connectivity index (χ1v) is 4.14. The lowest BCUT2D eigenvalue weighted by atomic mass is 9.76. The first-order valence-electron chi connectivity index (χ1n) is 3.76. The predicted octanol–water partition coefficient (Wildman–Crippen LogP) is 1.90. The smallest absolute Gasteiger partial charge is 0.227 e. The maximum absolute atomic E-state index is 11.0. The molecule has 62 valence electrons. The number of carbonyl (C=O) groups is 2. The fourth-order valence-corrected chi connectivity index (χ4v) is 1.62. The van der Waals surface area contributed by atoms with E-state index in [0.29, 0.717) is 12.8 Å². The number of hydrogen-bond donors (Lipinski definition) is 0. The Labute approximate surface area is 70.9 Å². The summed E-state index contributed by atoms with van der Waals surface area (Å²) in [7, 11) is 0. The first kappa shape index (κ1) is 8.72. The van der Waals surface area contributed by atoms with Gasteiger partial charge in [0.25, 0.3) is 0 Å². The topological polar surface area (TPSA) is 34.1 Å². The van der Waals surface area contributed by atoms with Gasteiger partial charge in [-0.25, -0.2) is 0 Å². The van der Waals surface area contributed by atoms with Crippen LogP contribution in [-0.4, -0.2) is 11.0 Å². The zero-order valence-corrected chi connectivity index (χ0v) is 7.28. The van der Waals surface area contributed by atoms with Crippen LogP contribution < -0.4 is 0 Å². The average Bonchev–Trinajstić information content (AvgIpc) is 1.86. The van der Waals surface area contributed by atoms with E-state index < -0.39 is 5.41 Å². The highest BCUT2D eigenvalue weighted by Gasteiger charge is 2.36.